The van der Waals surface area contributed by atoms with Crippen molar-refractivity contribution in [1.82, 2.24) is 0 Å². The zero-order valence-corrected chi connectivity index (χ0v) is 15.0. The van der Waals surface area contributed by atoms with Gasteiger partial charge in [0, 0.05) is 9.50 Å². The molecule has 0 heterocycles. The fourth-order valence-corrected chi connectivity index (χ4v) is 4.28. The molecule has 0 saturated carbocycles. The topological polar surface area (TPSA) is 0 Å². The first-order valence-electron chi connectivity index (χ1n) is 7.84. The first-order chi connectivity index (χ1) is 11.7. The normalized spacial score (nSPS) is 11.8. The van der Waals surface area contributed by atoms with Crippen molar-refractivity contribution >= 4 is 70.6 Å². The Labute approximate surface area is 152 Å². The molecule has 0 aliphatic heterocycles. The van der Waals surface area contributed by atoms with E-state index in [1.807, 2.05) is 6.07 Å². The molecule has 0 saturated heterocycles. The summed E-state index contributed by atoms with van der Waals surface area (Å²) in [6.45, 7) is 0. The Morgan fingerprint density at radius 1 is 0.583 bits per heavy atom. The molecule has 114 valence electrons. The number of halogens is 2. The standard InChI is InChI=1S/C22H12BrCl/c23-14-6-9-16-13(11-14)5-8-20-18-10-7-15(24)12-21(18)17-3-1-2-4-19(17)22(16)20/h1-12H. The summed E-state index contributed by atoms with van der Waals surface area (Å²) in [4.78, 5) is 0. The van der Waals surface area contributed by atoms with Crippen molar-refractivity contribution in [2.24, 2.45) is 0 Å². The SMILES string of the molecule is Clc1ccc2c(c1)c1ccccc1c1c3ccc(Br)cc3ccc21. The first kappa shape index (κ1) is 14.3. The second-order valence-corrected chi connectivity index (χ2v) is 7.44. The Morgan fingerprint density at radius 3 is 2.12 bits per heavy atom. The molecule has 0 aromatic heterocycles. The fraction of sp³-hybridized carbons (Fsp3) is 0. The van der Waals surface area contributed by atoms with E-state index < -0.39 is 0 Å². The van der Waals surface area contributed by atoms with E-state index in [9.17, 15) is 0 Å². The van der Waals surface area contributed by atoms with Crippen molar-refractivity contribution in [3.8, 4) is 0 Å². The number of hydrogen-bond acceptors (Lipinski definition) is 0. The lowest BCUT2D eigenvalue weighted by Crippen LogP contribution is -1.85. The zero-order valence-electron chi connectivity index (χ0n) is 12.7. The minimum Gasteiger partial charge on any atom is -0.0843 e. The molecule has 24 heavy (non-hydrogen) atoms. The Morgan fingerprint density at radius 2 is 1.25 bits per heavy atom. The average molecular weight is 392 g/mol. The van der Waals surface area contributed by atoms with Crippen LogP contribution < -0.4 is 0 Å². The maximum absolute atomic E-state index is 6.28. The monoisotopic (exact) mass is 390 g/mol. The van der Waals surface area contributed by atoms with Crippen LogP contribution >= 0.6 is 27.5 Å². The van der Waals surface area contributed by atoms with Crippen LogP contribution in [-0.2, 0) is 0 Å². The van der Waals surface area contributed by atoms with Gasteiger partial charge < -0.3 is 0 Å². The molecular formula is C22H12BrCl. The van der Waals surface area contributed by atoms with Gasteiger partial charge >= 0.3 is 0 Å². The van der Waals surface area contributed by atoms with Crippen LogP contribution in [0.2, 0.25) is 5.02 Å². The molecule has 0 aliphatic carbocycles. The summed E-state index contributed by atoms with van der Waals surface area (Å²) in [5.41, 5.74) is 0. The van der Waals surface area contributed by atoms with Crippen molar-refractivity contribution in [3.05, 3.63) is 82.3 Å². The van der Waals surface area contributed by atoms with Gasteiger partial charge in [-0.3, -0.25) is 0 Å². The minimum atomic E-state index is 0.775. The van der Waals surface area contributed by atoms with E-state index in [1.54, 1.807) is 0 Å². The molecule has 0 N–H and O–H groups in total. The highest BCUT2D eigenvalue weighted by Gasteiger charge is 2.11. The third kappa shape index (κ3) is 1.98. The Hall–Kier alpha value is -2.09. The van der Waals surface area contributed by atoms with Crippen LogP contribution in [0.3, 0.4) is 0 Å². The van der Waals surface area contributed by atoms with E-state index in [1.165, 1.54) is 43.1 Å². The highest BCUT2D eigenvalue weighted by atomic mass is 79.9. The molecule has 0 fully saturated rings. The van der Waals surface area contributed by atoms with Gasteiger partial charge in [-0.25, -0.2) is 0 Å². The van der Waals surface area contributed by atoms with E-state index in [0.717, 1.165) is 9.50 Å². The molecule has 5 aromatic carbocycles. The maximum Gasteiger partial charge on any atom is 0.0412 e. The summed E-state index contributed by atoms with van der Waals surface area (Å²) >= 11 is 9.86. The maximum atomic E-state index is 6.28. The van der Waals surface area contributed by atoms with E-state index in [4.69, 9.17) is 11.6 Å². The van der Waals surface area contributed by atoms with Crippen molar-refractivity contribution in [1.29, 1.82) is 0 Å². The summed E-state index contributed by atoms with van der Waals surface area (Å²) in [7, 11) is 0. The highest BCUT2D eigenvalue weighted by molar-refractivity contribution is 9.10. The van der Waals surface area contributed by atoms with E-state index >= 15 is 0 Å². The number of benzene rings is 5. The predicted octanol–water partition coefficient (Wildman–Crippen LogP) is 7.72. The van der Waals surface area contributed by atoms with Crippen molar-refractivity contribution in [3.63, 3.8) is 0 Å². The number of rotatable bonds is 0. The van der Waals surface area contributed by atoms with Gasteiger partial charge in [0.2, 0.25) is 0 Å². The van der Waals surface area contributed by atoms with E-state index in [0.29, 0.717) is 0 Å². The summed E-state index contributed by atoms with van der Waals surface area (Å²) in [6.07, 6.45) is 0. The lowest BCUT2D eigenvalue weighted by atomic mass is 9.91. The minimum absolute atomic E-state index is 0.775. The van der Waals surface area contributed by atoms with Gasteiger partial charge in [-0.05, 0) is 67.4 Å². The lowest BCUT2D eigenvalue weighted by Gasteiger charge is -2.13. The van der Waals surface area contributed by atoms with Crippen LogP contribution in [0.4, 0.5) is 0 Å². The van der Waals surface area contributed by atoms with Gasteiger partial charge in [-0.15, -0.1) is 0 Å². The first-order valence-corrected chi connectivity index (χ1v) is 9.01. The molecule has 0 spiro atoms. The highest BCUT2D eigenvalue weighted by Crippen LogP contribution is 2.39. The number of fused-ring (bicyclic) bond motifs is 8. The molecule has 5 aromatic rings. The van der Waals surface area contributed by atoms with Crippen LogP contribution in [0.15, 0.2) is 77.3 Å². The predicted molar refractivity (Wildman–Crippen MR) is 109 cm³/mol. The molecular weight excluding hydrogens is 380 g/mol. The van der Waals surface area contributed by atoms with Crippen LogP contribution in [0.1, 0.15) is 0 Å². The largest absolute Gasteiger partial charge is 0.0843 e. The molecule has 0 atom stereocenters. The third-order valence-electron chi connectivity index (χ3n) is 4.74. The molecule has 0 bridgehead atoms. The Balaban J connectivity index is 2.17. The van der Waals surface area contributed by atoms with Gasteiger partial charge in [0.1, 0.15) is 0 Å². The second-order valence-electron chi connectivity index (χ2n) is 6.09. The Bertz CT molecular complexity index is 1240. The zero-order chi connectivity index (χ0) is 16.3. The molecule has 0 amide bonds. The van der Waals surface area contributed by atoms with Gasteiger partial charge in [0.05, 0.1) is 0 Å². The Kier molecular flexibility index (Phi) is 3.09. The molecule has 0 aliphatic rings. The summed E-state index contributed by atoms with van der Waals surface area (Å²) in [6, 6.07) is 25.7. The van der Waals surface area contributed by atoms with Gasteiger partial charge in [-0.2, -0.15) is 0 Å². The second kappa shape index (κ2) is 5.20. The average Bonchev–Trinajstić information content (AvgIpc) is 2.61. The van der Waals surface area contributed by atoms with Crippen LogP contribution in [0, 0.1) is 0 Å². The van der Waals surface area contributed by atoms with Crippen molar-refractivity contribution in [2.45, 2.75) is 0 Å². The quantitative estimate of drug-likeness (QED) is 0.237. The van der Waals surface area contributed by atoms with Crippen LogP contribution in [0.25, 0.3) is 43.1 Å². The van der Waals surface area contributed by atoms with Gasteiger partial charge in [0.15, 0.2) is 0 Å². The summed E-state index contributed by atoms with van der Waals surface area (Å²) < 4.78 is 1.10. The molecule has 5 rings (SSSR count). The number of hydrogen-bond donors (Lipinski definition) is 0. The van der Waals surface area contributed by atoms with Crippen LogP contribution in [0.5, 0.6) is 0 Å². The van der Waals surface area contributed by atoms with E-state index in [2.05, 4.69) is 82.7 Å². The summed E-state index contributed by atoms with van der Waals surface area (Å²) in [5.74, 6) is 0. The van der Waals surface area contributed by atoms with E-state index in [-0.39, 0.29) is 0 Å². The van der Waals surface area contributed by atoms with Crippen molar-refractivity contribution in [2.75, 3.05) is 0 Å². The molecule has 0 nitrogen and oxygen atoms in total. The van der Waals surface area contributed by atoms with Crippen molar-refractivity contribution < 1.29 is 0 Å². The molecule has 0 unspecified atom stereocenters. The smallest absolute Gasteiger partial charge is 0.0412 e. The van der Waals surface area contributed by atoms with Gasteiger partial charge in [-0.1, -0.05) is 76.1 Å². The molecule has 2 heteroatoms. The molecule has 0 radical (unpaired) electrons. The fourth-order valence-electron chi connectivity index (χ4n) is 3.73. The lowest BCUT2D eigenvalue weighted by molar-refractivity contribution is 1.73. The third-order valence-corrected chi connectivity index (χ3v) is 5.47. The van der Waals surface area contributed by atoms with Gasteiger partial charge in [0.25, 0.3) is 0 Å². The summed E-state index contributed by atoms with van der Waals surface area (Å²) in [5, 5.41) is 10.9. The van der Waals surface area contributed by atoms with Crippen LogP contribution in [-0.4, -0.2) is 0 Å².